The first kappa shape index (κ1) is 11.0. The lowest BCUT2D eigenvalue weighted by Gasteiger charge is -1.93. The van der Waals surface area contributed by atoms with Crippen LogP contribution in [-0.2, 0) is 0 Å². The molecule has 0 atom stereocenters. The zero-order valence-electron chi connectivity index (χ0n) is 8.86. The van der Waals surface area contributed by atoms with E-state index in [1.807, 2.05) is 0 Å². The maximum atomic E-state index is 2.32. The molecule has 0 spiro atoms. The van der Waals surface area contributed by atoms with Gasteiger partial charge in [0.15, 0.2) is 0 Å². The average molecular weight is 188 g/mol. The summed E-state index contributed by atoms with van der Waals surface area (Å²) in [5, 5.41) is 0. The summed E-state index contributed by atoms with van der Waals surface area (Å²) in [7, 11) is 0. The van der Waals surface area contributed by atoms with Crippen molar-refractivity contribution in [1.82, 2.24) is 0 Å². The van der Waals surface area contributed by atoms with E-state index in [9.17, 15) is 0 Å². The molecular weight excluding hydrogens is 168 g/mol. The van der Waals surface area contributed by atoms with Crippen LogP contribution in [0.2, 0.25) is 0 Å². The molecule has 14 heavy (non-hydrogen) atoms. The Kier molecular flexibility index (Phi) is 6.74. The van der Waals surface area contributed by atoms with E-state index in [-0.39, 0.29) is 0 Å². The van der Waals surface area contributed by atoms with Crippen molar-refractivity contribution in [1.29, 1.82) is 0 Å². The van der Waals surface area contributed by atoms with Crippen LogP contribution in [0.15, 0.2) is 48.6 Å². The molecular formula is C14H20. The van der Waals surface area contributed by atoms with E-state index < -0.39 is 0 Å². The molecule has 1 aliphatic carbocycles. The molecule has 0 unspecified atom stereocenters. The number of rotatable bonds is 0. The van der Waals surface area contributed by atoms with E-state index in [2.05, 4.69) is 48.6 Å². The van der Waals surface area contributed by atoms with Crippen LogP contribution in [0.4, 0.5) is 0 Å². The Morgan fingerprint density at radius 2 is 0.929 bits per heavy atom. The van der Waals surface area contributed by atoms with Gasteiger partial charge in [0.2, 0.25) is 0 Å². The summed E-state index contributed by atoms with van der Waals surface area (Å²) in [6.45, 7) is 0. The lowest BCUT2D eigenvalue weighted by atomic mass is 10.1. The Hall–Kier alpha value is -1.04. The van der Waals surface area contributed by atoms with Crippen LogP contribution in [0, 0.1) is 0 Å². The van der Waals surface area contributed by atoms with E-state index in [1.54, 1.807) is 0 Å². The first-order valence-corrected chi connectivity index (χ1v) is 5.63. The quantitative estimate of drug-likeness (QED) is 0.489. The van der Waals surface area contributed by atoms with E-state index in [0.717, 1.165) is 6.42 Å². The molecule has 0 aromatic carbocycles. The van der Waals surface area contributed by atoms with Crippen molar-refractivity contribution >= 4 is 0 Å². The first-order valence-electron chi connectivity index (χ1n) is 5.63. The standard InChI is InChI=1S/C14H20/c1-2-4-6-8-10-12-14-13-11-9-7-5-3-1/h1-6,11,13H,7-10,12,14H2/b2-1+,5-3+,6-4?,13-11?. The molecule has 0 N–H and O–H groups in total. The summed E-state index contributed by atoms with van der Waals surface area (Å²) in [5.74, 6) is 0. The smallest absolute Gasteiger partial charge is 0.0313 e. The normalized spacial score (nSPS) is 24.0. The van der Waals surface area contributed by atoms with Gasteiger partial charge in [0.25, 0.3) is 0 Å². The molecule has 76 valence electrons. The third-order valence-electron chi connectivity index (χ3n) is 2.26. The van der Waals surface area contributed by atoms with Crippen molar-refractivity contribution in [2.24, 2.45) is 0 Å². The highest BCUT2D eigenvalue weighted by Gasteiger charge is 1.83. The van der Waals surface area contributed by atoms with Crippen LogP contribution in [-0.4, -0.2) is 0 Å². The molecule has 0 nitrogen and oxygen atoms in total. The van der Waals surface area contributed by atoms with Crippen molar-refractivity contribution in [3.63, 3.8) is 0 Å². The van der Waals surface area contributed by atoms with E-state index in [4.69, 9.17) is 0 Å². The zero-order chi connectivity index (χ0) is 9.90. The second-order valence-corrected chi connectivity index (χ2v) is 3.57. The third-order valence-corrected chi connectivity index (χ3v) is 2.26. The monoisotopic (exact) mass is 188 g/mol. The van der Waals surface area contributed by atoms with Gasteiger partial charge < -0.3 is 0 Å². The minimum Gasteiger partial charge on any atom is -0.0885 e. The lowest BCUT2D eigenvalue weighted by Crippen LogP contribution is -1.73. The molecule has 0 fully saturated rings. The van der Waals surface area contributed by atoms with Crippen molar-refractivity contribution < 1.29 is 0 Å². The molecule has 0 heteroatoms. The summed E-state index contributed by atoms with van der Waals surface area (Å²) in [6, 6.07) is 0. The van der Waals surface area contributed by atoms with Crippen LogP contribution in [0.5, 0.6) is 0 Å². The molecule has 1 aliphatic rings. The molecule has 0 radical (unpaired) electrons. The maximum Gasteiger partial charge on any atom is -0.0313 e. The van der Waals surface area contributed by atoms with E-state index >= 15 is 0 Å². The van der Waals surface area contributed by atoms with Crippen LogP contribution in [0.3, 0.4) is 0 Å². The molecule has 0 aliphatic heterocycles. The predicted molar refractivity (Wildman–Crippen MR) is 64.3 cm³/mol. The van der Waals surface area contributed by atoms with Gasteiger partial charge in [0.1, 0.15) is 0 Å². The van der Waals surface area contributed by atoms with Gasteiger partial charge in [-0.2, -0.15) is 0 Å². The van der Waals surface area contributed by atoms with Crippen molar-refractivity contribution in [2.45, 2.75) is 38.5 Å². The minimum atomic E-state index is 1.16. The van der Waals surface area contributed by atoms with Gasteiger partial charge in [-0.05, 0) is 38.5 Å². The molecule has 0 bridgehead atoms. The highest BCUT2D eigenvalue weighted by molar-refractivity contribution is 5.11. The molecule has 0 saturated heterocycles. The number of hydrogen-bond acceptors (Lipinski definition) is 0. The largest absolute Gasteiger partial charge is 0.0885 e. The van der Waals surface area contributed by atoms with Gasteiger partial charge >= 0.3 is 0 Å². The highest BCUT2D eigenvalue weighted by atomic mass is 13.9. The first-order chi connectivity index (χ1) is 7.00. The Morgan fingerprint density at radius 1 is 0.429 bits per heavy atom. The second kappa shape index (κ2) is 8.55. The zero-order valence-corrected chi connectivity index (χ0v) is 8.86. The Labute approximate surface area is 87.7 Å². The van der Waals surface area contributed by atoms with Crippen LogP contribution >= 0.6 is 0 Å². The summed E-state index contributed by atoms with van der Waals surface area (Å²) >= 11 is 0. The van der Waals surface area contributed by atoms with E-state index in [0.29, 0.717) is 0 Å². The third kappa shape index (κ3) is 6.47. The summed E-state index contributed by atoms with van der Waals surface area (Å²) in [4.78, 5) is 0. The lowest BCUT2D eigenvalue weighted by molar-refractivity contribution is 0.760. The number of hydrogen-bond donors (Lipinski definition) is 0. The van der Waals surface area contributed by atoms with Crippen molar-refractivity contribution in [2.75, 3.05) is 0 Å². The Morgan fingerprint density at radius 3 is 1.71 bits per heavy atom. The Balaban J connectivity index is 2.35. The average Bonchev–Trinajstić information content (AvgIpc) is 2.22. The van der Waals surface area contributed by atoms with Gasteiger partial charge in [0.05, 0.1) is 0 Å². The Bertz CT molecular complexity index is 228. The van der Waals surface area contributed by atoms with Crippen molar-refractivity contribution in [3.05, 3.63) is 48.6 Å². The van der Waals surface area contributed by atoms with Crippen LogP contribution < -0.4 is 0 Å². The summed E-state index contributed by atoms with van der Waals surface area (Å²) < 4.78 is 0. The van der Waals surface area contributed by atoms with Gasteiger partial charge in [0, 0.05) is 0 Å². The fourth-order valence-electron chi connectivity index (χ4n) is 1.43. The van der Waals surface area contributed by atoms with Gasteiger partial charge in [-0.1, -0.05) is 48.6 Å². The van der Waals surface area contributed by atoms with Gasteiger partial charge in [-0.3, -0.25) is 0 Å². The highest BCUT2D eigenvalue weighted by Crippen LogP contribution is 2.03. The number of allylic oxidation sites excluding steroid dienone is 8. The van der Waals surface area contributed by atoms with Crippen LogP contribution in [0.1, 0.15) is 38.5 Å². The van der Waals surface area contributed by atoms with E-state index in [1.165, 1.54) is 32.1 Å². The van der Waals surface area contributed by atoms with Crippen molar-refractivity contribution in [3.8, 4) is 0 Å². The van der Waals surface area contributed by atoms with Gasteiger partial charge in [-0.15, -0.1) is 0 Å². The molecule has 0 heterocycles. The molecule has 0 aromatic heterocycles. The summed E-state index contributed by atoms with van der Waals surface area (Å²) in [5.41, 5.74) is 0. The SMILES string of the molecule is C1=CCCCCC=CCC/C=C/C=C/1. The fourth-order valence-corrected chi connectivity index (χ4v) is 1.43. The second-order valence-electron chi connectivity index (χ2n) is 3.57. The molecule has 0 saturated carbocycles. The van der Waals surface area contributed by atoms with Crippen LogP contribution in [0.25, 0.3) is 0 Å². The molecule has 0 aromatic rings. The molecule has 1 rings (SSSR count). The predicted octanol–water partition coefficient (Wildman–Crippen LogP) is 4.57. The topological polar surface area (TPSA) is 0 Å². The summed E-state index contributed by atoms with van der Waals surface area (Å²) in [6.07, 6.45) is 25.0. The van der Waals surface area contributed by atoms with Gasteiger partial charge in [-0.25, -0.2) is 0 Å². The maximum absolute atomic E-state index is 2.32. The molecule has 0 amide bonds. The minimum absolute atomic E-state index is 1.16. The fraction of sp³-hybridized carbons (Fsp3) is 0.429.